The van der Waals surface area contributed by atoms with Crippen molar-refractivity contribution in [1.29, 1.82) is 0 Å². The van der Waals surface area contributed by atoms with Crippen LogP contribution >= 0.6 is 0 Å². The minimum absolute atomic E-state index is 0.0123. The Balaban J connectivity index is 1.73. The molecular formula is C20H26N4O2. The average Bonchev–Trinajstić information content (AvgIpc) is 3.00. The van der Waals surface area contributed by atoms with Crippen molar-refractivity contribution in [3.63, 3.8) is 0 Å². The number of rotatable bonds is 5. The number of aromatic nitrogens is 2. The van der Waals surface area contributed by atoms with Crippen LogP contribution in [0.3, 0.4) is 0 Å². The summed E-state index contributed by atoms with van der Waals surface area (Å²) in [5.74, 6) is 0.900. The van der Waals surface area contributed by atoms with Crippen LogP contribution in [0.15, 0.2) is 24.3 Å². The maximum atomic E-state index is 12.8. The number of carbonyl (C=O) groups excluding carboxylic acids is 2. The van der Waals surface area contributed by atoms with Crippen LogP contribution in [0.4, 0.5) is 0 Å². The van der Waals surface area contributed by atoms with Gasteiger partial charge in [-0.25, -0.2) is 4.98 Å². The van der Waals surface area contributed by atoms with E-state index in [0.29, 0.717) is 26.1 Å². The van der Waals surface area contributed by atoms with E-state index >= 15 is 0 Å². The molecule has 0 atom stereocenters. The highest BCUT2D eigenvalue weighted by Crippen LogP contribution is 2.21. The maximum Gasteiger partial charge on any atom is 0.254 e. The highest BCUT2D eigenvalue weighted by molar-refractivity contribution is 5.94. The molecule has 0 aliphatic carbocycles. The Bertz CT molecular complexity index is 808. The largest absolute Gasteiger partial charge is 0.349 e. The SMILES string of the molecule is CCC(=O)NCc1nc2c(n1C)CN(C(=O)c1ccc(CC)cc1)CC2. The van der Waals surface area contributed by atoms with E-state index in [-0.39, 0.29) is 11.8 Å². The quantitative estimate of drug-likeness (QED) is 0.895. The van der Waals surface area contributed by atoms with Gasteiger partial charge in [-0.05, 0) is 24.1 Å². The molecule has 1 N–H and O–H groups in total. The fourth-order valence-electron chi connectivity index (χ4n) is 3.24. The number of fused-ring (bicyclic) bond motifs is 1. The lowest BCUT2D eigenvalue weighted by Gasteiger charge is -2.27. The third-order valence-electron chi connectivity index (χ3n) is 5.01. The Hall–Kier alpha value is -2.63. The van der Waals surface area contributed by atoms with E-state index in [9.17, 15) is 9.59 Å². The van der Waals surface area contributed by atoms with Crippen molar-refractivity contribution in [2.45, 2.75) is 46.2 Å². The van der Waals surface area contributed by atoms with Gasteiger partial charge in [0.15, 0.2) is 0 Å². The van der Waals surface area contributed by atoms with Crippen LogP contribution in [0, 0.1) is 0 Å². The lowest BCUT2D eigenvalue weighted by atomic mass is 10.1. The van der Waals surface area contributed by atoms with Crippen molar-refractivity contribution in [2.75, 3.05) is 6.54 Å². The van der Waals surface area contributed by atoms with E-state index in [1.54, 1.807) is 0 Å². The first-order valence-corrected chi connectivity index (χ1v) is 9.21. The van der Waals surface area contributed by atoms with Gasteiger partial charge in [-0.15, -0.1) is 0 Å². The zero-order chi connectivity index (χ0) is 18.7. The lowest BCUT2D eigenvalue weighted by molar-refractivity contribution is -0.120. The molecule has 1 aromatic heterocycles. The first kappa shape index (κ1) is 18.2. The average molecular weight is 354 g/mol. The third kappa shape index (κ3) is 3.64. The number of nitrogens with zero attached hydrogens (tertiary/aromatic N) is 3. The van der Waals surface area contributed by atoms with Crippen molar-refractivity contribution in [3.05, 3.63) is 52.6 Å². The summed E-state index contributed by atoms with van der Waals surface area (Å²) < 4.78 is 2.00. The molecule has 0 bridgehead atoms. The topological polar surface area (TPSA) is 67.2 Å². The van der Waals surface area contributed by atoms with Crippen LogP contribution < -0.4 is 5.32 Å². The van der Waals surface area contributed by atoms with Gasteiger partial charge in [0.05, 0.1) is 24.5 Å². The third-order valence-corrected chi connectivity index (χ3v) is 5.01. The molecule has 138 valence electrons. The first-order chi connectivity index (χ1) is 12.5. The minimum atomic E-state index is 0.0123. The maximum absolute atomic E-state index is 12.8. The first-order valence-electron chi connectivity index (χ1n) is 9.21. The Labute approximate surface area is 154 Å². The van der Waals surface area contributed by atoms with Crippen molar-refractivity contribution in [2.24, 2.45) is 7.05 Å². The van der Waals surface area contributed by atoms with Gasteiger partial charge in [0.2, 0.25) is 5.91 Å². The predicted octanol–water partition coefficient (Wildman–Crippen LogP) is 2.21. The number of imidazole rings is 1. The molecule has 2 amide bonds. The highest BCUT2D eigenvalue weighted by Gasteiger charge is 2.26. The Kier molecular flexibility index (Phi) is 5.40. The molecule has 3 rings (SSSR count). The molecule has 1 aromatic carbocycles. The second-order valence-corrected chi connectivity index (χ2v) is 6.64. The van der Waals surface area contributed by atoms with E-state index < -0.39 is 0 Å². The van der Waals surface area contributed by atoms with Crippen LogP contribution in [0.2, 0.25) is 0 Å². The summed E-state index contributed by atoms with van der Waals surface area (Å²) in [5.41, 5.74) is 4.03. The summed E-state index contributed by atoms with van der Waals surface area (Å²) in [4.78, 5) is 30.8. The minimum Gasteiger partial charge on any atom is -0.349 e. The monoisotopic (exact) mass is 354 g/mol. The molecule has 0 unspecified atom stereocenters. The summed E-state index contributed by atoms with van der Waals surface area (Å²) in [6, 6.07) is 7.85. The molecule has 0 spiro atoms. The van der Waals surface area contributed by atoms with Crippen molar-refractivity contribution >= 4 is 11.8 Å². The van der Waals surface area contributed by atoms with Crippen molar-refractivity contribution < 1.29 is 9.59 Å². The lowest BCUT2D eigenvalue weighted by Crippen LogP contribution is -2.36. The summed E-state index contributed by atoms with van der Waals surface area (Å²) in [7, 11) is 1.95. The smallest absolute Gasteiger partial charge is 0.254 e. The van der Waals surface area contributed by atoms with Gasteiger partial charge in [-0.2, -0.15) is 0 Å². The number of nitrogens with one attached hydrogen (secondary N) is 1. The second-order valence-electron chi connectivity index (χ2n) is 6.64. The van der Waals surface area contributed by atoms with E-state index in [0.717, 1.165) is 35.6 Å². The molecule has 6 nitrogen and oxygen atoms in total. The van der Waals surface area contributed by atoms with E-state index in [1.165, 1.54) is 5.56 Å². The van der Waals surface area contributed by atoms with Gasteiger partial charge in [0.25, 0.3) is 5.91 Å². The zero-order valence-corrected chi connectivity index (χ0v) is 15.7. The van der Waals surface area contributed by atoms with Gasteiger partial charge in [-0.1, -0.05) is 26.0 Å². The van der Waals surface area contributed by atoms with Crippen LogP contribution in [0.1, 0.15) is 53.4 Å². The van der Waals surface area contributed by atoms with Crippen LogP contribution in [0.25, 0.3) is 0 Å². The summed E-state index contributed by atoms with van der Waals surface area (Å²) in [6.07, 6.45) is 2.17. The van der Waals surface area contributed by atoms with Crippen LogP contribution in [-0.4, -0.2) is 32.8 Å². The van der Waals surface area contributed by atoms with Gasteiger partial charge in [0.1, 0.15) is 5.82 Å². The molecule has 26 heavy (non-hydrogen) atoms. The molecule has 0 fully saturated rings. The molecule has 6 heteroatoms. The predicted molar refractivity (Wildman–Crippen MR) is 99.6 cm³/mol. The standard InChI is InChI=1S/C20H26N4O2/c1-4-14-6-8-15(9-7-14)20(26)24-11-10-16-17(13-24)23(3)18(22-16)12-21-19(25)5-2/h6-9H,4-5,10-13H2,1-3H3,(H,21,25). The van der Waals surface area contributed by atoms with Crippen LogP contribution in [-0.2, 0) is 37.8 Å². The van der Waals surface area contributed by atoms with Crippen molar-refractivity contribution in [1.82, 2.24) is 19.8 Å². The Morgan fingerprint density at radius 1 is 1.19 bits per heavy atom. The fraction of sp³-hybridized carbons (Fsp3) is 0.450. The molecule has 0 saturated carbocycles. The molecule has 2 aromatic rings. The molecule has 1 aliphatic heterocycles. The molecule has 1 aliphatic rings. The number of hydrogen-bond donors (Lipinski definition) is 1. The fourth-order valence-corrected chi connectivity index (χ4v) is 3.24. The Morgan fingerprint density at radius 3 is 2.58 bits per heavy atom. The highest BCUT2D eigenvalue weighted by atomic mass is 16.2. The van der Waals surface area contributed by atoms with Crippen LogP contribution in [0.5, 0.6) is 0 Å². The number of carbonyl (C=O) groups is 2. The number of amides is 2. The zero-order valence-electron chi connectivity index (χ0n) is 15.7. The van der Waals surface area contributed by atoms with E-state index in [1.807, 2.05) is 47.7 Å². The van der Waals surface area contributed by atoms with Gasteiger partial charge < -0.3 is 14.8 Å². The molecule has 2 heterocycles. The Morgan fingerprint density at radius 2 is 1.92 bits per heavy atom. The van der Waals surface area contributed by atoms with Gasteiger partial charge >= 0.3 is 0 Å². The van der Waals surface area contributed by atoms with Gasteiger partial charge in [0, 0.05) is 32.0 Å². The van der Waals surface area contributed by atoms with E-state index in [4.69, 9.17) is 0 Å². The molecule has 0 radical (unpaired) electrons. The molecular weight excluding hydrogens is 328 g/mol. The summed E-state index contributed by atoms with van der Waals surface area (Å²) in [5, 5.41) is 2.87. The number of hydrogen-bond acceptors (Lipinski definition) is 3. The number of aryl methyl sites for hydroxylation is 1. The number of benzene rings is 1. The second kappa shape index (κ2) is 7.72. The van der Waals surface area contributed by atoms with Gasteiger partial charge in [-0.3, -0.25) is 9.59 Å². The van der Waals surface area contributed by atoms with E-state index in [2.05, 4.69) is 17.2 Å². The summed E-state index contributed by atoms with van der Waals surface area (Å²) >= 11 is 0. The normalized spacial score (nSPS) is 13.4. The molecule has 0 saturated heterocycles. The van der Waals surface area contributed by atoms with Crippen molar-refractivity contribution in [3.8, 4) is 0 Å². The summed E-state index contributed by atoms with van der Waals surface area (Å²) in [6.45, 7) is 5.57.